The van der Waals surface area contributed by atoms with Gasteiger partial charge in [-0.15, -0.1) is 11.3 Å². The van der Waals surface area contributed by atoms with E-state index in [0.29, 0.717) is 0 Å². The van der Waals surface area contributed by atoms with Crippen LogP contribution in [0, 0.1) is 0 Å². The minimum absolute atomic E-state index is 0.106. The Bertz CT molecular complexity index is 733. The molecule has 0 radical (unpaired) electrons. The summed E-state index contributed by atoms with van der Waals surface area (Å²) in [7, 11) is 2.16. The Hall–Kier alpha value is -1.84. The number of ether oxygens (including phenoxy) is 1. The average Bonchev–Trinajstić information content (AvgIpc) is 3.21. The zero-order chi connectivity index (χ0) is 18.1. The van der Waals surface area contributed by atoms with Gasteiger partial charge in [-0.2, -0.15) is 0 Å². The van der Waals surface area contributed by atoms with Gasteiger partial charge in [-0.25, -0.2) is 0 Å². The van der Waals surface area contributed by atoms with Crippen molar-refractivity contribution in [1.29, 1.82) is 0 Å². The summed E-state index contributed by atoms with van der Waals surface area (Å²) in [4.78, 5) is 3.62. The highest BCUT2D eigenvalue weighted by atomic mass is 32.1. The number of hydrogen-bond acceptors (Lipinski definition) is 3. The molecular formula is C22H29NOS. The van der Waals surface area contributed by atoms with Gasteiger partial charge in [0.25, 0.3) is 0 Å². The van der Waals surface area contributed by atoms with Crippen molar-refractivity contribution >= 4 is 22.1 Å². The van der Waals surface area contributed by atoms with Gasteiger partial charge in [0.1, 0.15) is 11.9 Å². The molecule has 0 saturated heterocycles. The molecule has 0 aliphatic heterocycles. The first-order chi connectivity index (χ1) is 12.3. The van der Waals surface area contributed by atoms with E-state index in [4.69, 9.17) is 4.74 Å². The summed E-state index contributed by atoms with van der Waals surface area (Å²) in [5.41, 5.74) is 0. The van der Waals surface area contributed by atoms with Crippen LogP contribution in [0.15, 0.2) is 60.0 Å². The maximum absolute atomic E-state index is 6.45. The fraction of sp³-hybridized carbons (Fsp3) is 0.364. The molecule has 1 heterocycles. The monoisotopic (exact) mass is 355 g/mol. The Morgan fingerprint density at radius 3 is 2.48 bits per heavy atom. The van der Waals surface area contributed by atoms with E-state index in [1.165, 1.54) is 15.6 Å². The molecule has 0 amide bonds. The van der Waals surface area contributed by atoms with Crippen LogP contribution in [0.25, 0.3) is 10.8 Å². The van der Waals surface area contributed by atoms with Crippen LogP contribution in [0.3, 0.4) is 0 Å². The Morgan fingerprint density at radius 1 is 1.00 bits per heavy atom. The summed E-state index contributed by atoms with van der Waals surface area (Å²) >= 11 is 1.77. The Labute approximate surface area is 156 Å². The minimum Gasteiger partial charge on any atom is -0.484 e. The van der Waals surface area contributed by atoms with Crippen LogP contribution in [0.1, 0.15) is 38.2 Å². The lowest BCUT2D eigenvalue weighted by molar-refractivity contribution is 0.180. The lowest BCUT2D eigenvalue weighted by Crippen LogP contribution is -2.22. The van der Waals surface area contributed by atoms with Gasteiger partial charge in [0.2, 0.25) is 0 Å². The van der Waals surface area contributed by atoms with E-state index in [2.05, 4.69) is 78.8 Å². The minimum atomic E-state index is 0.106. The number of benzene rings is 2. The molecule has 0 spiro atoms. The average molecular weight is 356 g/mol. The smallest absolute Gasteiger partial charge is 0.134 e. The molecule has 0 aliphatic carbocycles. The number of fused-ring (bicyclic) bond motifs is 1. The summed E-state index contributed by atoms with van der Waals surface area (Å²) in [5, 5.41) is 4.53. The third-order valence-electron chi connectivity index (χ3n) is 4.19. The SMILES string of the molecule is CC.CCN(C)CC[C@H](Oc1cccc2ccccc12)c1cccs1. The van der Waals surface area contributed by atoms with Crippen molar-refractivity contribution < 1.29 is 4.74 Å². The van der Waals surface area contributed by atoms with E-state index in [1.807, 2.05) is 13.8 Å². The molecule has 1 aromatic heterocycles. The molecule has 134 valence electrons. The number of nitrogens with zero attached hydrogens (tertiary/aromatic N) is 1. The Balaban J connectivity index is 0.00000109. The third-order valence-corrected chi connectivity index (χ3v) is 5.16. The molecule has 25 heavy (non-hydrogen) atoms. The zero-order valence-electron chi connectivity index (χ0n) is 15.7. The molecule has 3 aromatic rings. The predicted molar refractivity (Wildman–Crippen MR) is 111 cm³/mol. The molecule has 0 unspecified atom stereocenters. The van der Waals surface area contributed by atoms with E-state index in [9.17, 15) is 0 Å². The second-order valence-electron chi connectivity index (χ2n) is 5.78. The van der Waals surface area contributed by atoms with E-state index in [-0.39, 0.29) is 6.10 Å². The normalized spacial score (nSPS) is 11.9. The quantitative estimate of drug-likeness (QED) is 0.487. The van der Waals surface area contributed by atoms with Crippen molar-refractivity contribution in [2.24, 2.45) is 0 Å². The third kappa shape index (κ3) is 5.32. The first kappa shape index (κ1) is 19.5. The van der Waals surface area contributed by atoms with Gasteiger partial charge in [-0.3, -0.25) is 0 Å². The van der Waals surface area contributed by atoms with Crippen molar-refractivity contribution in [2.45, 2.75) is 33.3 Å². The Kier molecular flexibility index (Phi) is 7.96. The van der Waals surface area contributed by atoms with Crippen LogP contribution in [-0.4, -0.2) is 25.0 Å². The van der Waals surface area contributed by atoms with Gasteiger partial charge < -0.3 is 9.64 Å². The largest absolute Gasteiger partial charge is 0.484 e. The van der Waals surface area contributed by atoms with Gasteiger partial charge in [-0.05, 0) is 36.5 Å². The topological polar surface area (TPSA) is 12.5 Å². The van der Waals surface area contributed by atoms with Crippen molar-refractivity contribution in [3.05, 3.63) is 64.9 Å². The summed E-state index contributed by atoms with van der Waals surface area (Å²) in [6.07, 6.45) is 1.10. The van der Waals surface area contributed by atoms with Gasteiger partial charge in [0.15, 0.2) is 0 Å². The van der Waals surface area contributed by atoms with Crippen LogP contribution in [0.2, 0.25) is 0 Å². The van der Waals surface area contributed by atoms with Gasteiger partial charge in [0, 0.05) is 23.2 Å². The molecule has 2 nitrogen and oxygen atoms in total. The fourth-order valence-corrected chi connectivity index (χ4v) is 3.47. The lowest BCUT2D eigenvalue weighted by Gasteiger charge is -2.22. The molecular weight excluding hydrogens is 326 g/mol. The highest BCUT2D eigenvalue weighted by Gasteiger charge is 2.16. The van der Waals surface area contributed by atoms with E-state index in [1.54, 1.807) is 11.3 Å². The van der Waals surface area contributed by atoms with Crippen LogP contribution in [-0.2, 0) is 0 Å². The number of hydrogen-bond donors (Lipinski definition) is 0. The lowest BCUT2D eigenvalue weighted by atomic mass is 10.1. The summed E-state index contributed by atoms with van der Waals surface area (Å²) in [6, 6.07) is 19.0. The molecule has 1 atom stereocenters. The molecule has 0 aliphatic rings. The van der Waals surface area contributed by atoms with Crippen LogP contribution in [0.4, 0.5) is 0 Å². The maximum Gasteiger partial charge on any atom is 0.134 e. The van der Waals surface area contributed by atoms with Gasteiger partial charge in [-0.1, -0.05) is 63.2 Å². The summed E-state index contributed by atoms with van der Waals surface area (Å²) in [5.74, 6) is 0.973. The van der Waals surface area contributed by atoms with Gasteiger partial charge in [0.05, 0.1) is 0 Å². The second kappa shape index (κ2) is 10.2. The van der Waals surface area contributed by atoms with Crippen molar-refractivity contribution in [1.82, 2.24) is 4.90 Å². The molecule has 3 rings (SSSR count). The molecule has 3 heteroatoms. The predicted octanol–water partition coefficient (Wildman–Crippen LogP) is 6.39. The van der Waals surface area contributed by atoms with Crippen molar-refractivity contribution in [2.75, 3.05) is 20.1 Å². The molecule has 0 N–H and O–H groups in total. The second-order valence-corrected chi connectivity index (χ2v) is 6.76. The fourth-order valence-electron chi connectivity index (χ4n) is 2.68. The van der Waals surface area contributed by atoms with Crippen molar-refractivity contribution in [3.8, 4) is 5.75 Å². The standard InChI is InChI=1S/C20H23NOS.C2H6/c1-3-21(2)14-13-19(20-12-7-15-23-20)22-18-11-6-9-16-8-4-5-10-17(16)18;1-2/h4-12,15,19H,3,13-14H2,1-2H3;1-2H3/t19-;/m0./s1. The van der Waals surface area contributed by atoms with Crippen LogP contribution < -0.4 is 4.74 Å². The van der Waals surface area contributed by atoms with E-state index < -0.39 is 0 Å². The molecule has 2 aromatic carbocycles. The molecule has 0 saturated carbocycles. The first-order valence-corrected chi connectivity index (χ1v) is 10.0. The van der Waals surface area contributed by atoms with Gasteiger partial charge >= 0.3 is 0 Å². The van der Waals surface area contributed by atoms with E-state index in [0.717, 1.165) is 25.3 Å². The molecule has 0 bridgehead atoms. The molecule has 0 fully saturated rings. The zero-order valence-corrected chi connectivity index (χ0v) is 16.6. The van der Waals surface area contributed by atoms with Crippen LogP contribution in [0.5, 0.6) is 5.75 Å². The van der Waals surface area contributed by atoms with Crippen LogP contribution >= 0.6 is 11.3 Å². The number of rotatable bonds is 7. The van der Waals surface area contributed by atoms with E-state index >= 15 is 0 Å². The highest BCUT2D eigenvalue weighted by molar-refractivity contribution is 7.10. The Morgan fingerprint density at radius 2 is 1.76 bits per heavy atom. The summed E-state index contributed by atoms with van der Waals surface area (Å²) < 4.78 is 6.45. The maximum atomic E-state index is 6.45. The van der Waals surface area contributed by atoms with Crippen molar-refractivity contribution in [3.63, 3.8) is 0 Å². The number of thiophene rings is 1. The first-order valence-electron chi connectivity index (χ1n) is 9.14. The summed E-state index contributed by atoms with van der Waals surface area (Å²) in [6.45, 7) is 8.28. The highest BCUT2D eigenvalue weighted by Crippen LogP contribution is 2.32.